The van der Waals surface area contributed by atoms with Crippen molar-refractivity contribution in [3.05, 3.63) is 29.8 Å². The lowest BCUT2D eigenvalue weighted by Gasteiger charge is -2.12. The third kappa shape index (κ3) is 4.24. The average Bonchev–Trinajstić information content (AvgIpc) is 2.27. The third-order valence-corrected chi connectivity index (χ3v) is 3.65. The van der Waals surface area contributed by atoms with Crippen LogP contribution in [0.5, 0.6) is 0 Å². The van der Waals surface area contributed by atoms with Crippen LogP contribution >= 0.6 is 11.8 Å². The van der Waals surface area contributed by atoms with E-state index < -0.39 is 0 Å². The van der Waals surface area contributed by atoms with Gasteiger partial charge in [-0.1, -0.05) is 18.2 Å². The molecule has 0 aliphatic carbocycles. The van der Waals surface area contributed by atoms with Crippen molar-refractivity contribution in [2.75, 3.05) is 19.4 Å². The van der Waals surface area contributed by atoms with Gasteiger partial charge in [-0.2, -0.15) is 0 Å². The van der Waals surface area contributed by atoms with E-state index in [1.807, 2.05) is 18.8 Å². The molecule has 84 valence electrons. The summed E-state index contributed by atoms with van der Waals surface area (Å²) < 4.78 is 0. The number of thioether (sulfide) groups is 1. The second-order valence-electron chi connectivity index (χ2n) is 3.57. The topological polar surface area (TPSA) is 32.3 Å². The first-order valence-electron chi connectivity index (χ1n) is 5.24. The van der Waals surface area contributed by atoms with Crippen molar-refractivity contribution in [1.29, 1.82) is 0 Å². The summed E-state index contributed by atoms with van der Waals surface area (Å²) in [6, 6.07) is 8.62. The van der Waals surface area contributed by atoms with Gasteiger partial charge in [-0.15, -0.1) is 11.8 Å². The quantitative estimate of drug-likeness (QED) is 0.727. The number of aliphatic hydroxyl groups is 1. The van der Waals surface area contributed by atoms with E-state index in [4.69, 9.17) is 5.11 Å². The number of aryl methyl sites for hydroxylation is 1. The number of benzene rings is 1. The molecule has 1 atom stereocenters. The third-order valence-electron chi connectivity index (χ3n) is 2.45. The molecule has 0 aromatic heterocycles. The molecule has 0 aliphatic heterocycles. The van der Waals surface area contributed by atoms with E-state index in [9.17, 15) is 0 Å². The van der Waals surface area contributed by atoms with Gasteiger partial charge in [-0.05, 0) is 37.8 Å². The predicted octanol–water partition coefficient (Wildman–Crippen LogP) is 2.06. The fraction of sp³-hybridized carbons (Fsp3) is 0.500. The van der Waals surface area contributed by atoms with Gasteiger partial charge in [-0.25, -0.2) is 0 Å². The Morgan fingerprint density at radius 1 is 1.40 bits per heavy atom. The number of likely N-dealkylation sites (N-methyl/N-ethyl adjacent to an activating group) is 1. The molecule has 0 saturated heterocycles. The molecule has 2 N–H and O–H groups in total. The highest BCUT2D eigenvalue weighted by Crippen LogP contribution is 2.22. The van der Waals surface area contributed by atoms with E-state index >= 15 is 0 Å². The van der Waals surface area contributed by atoms with Crippen LogP contribution in [-0.4, -0.2) is 30.6 Å². The first-order valence-corrected chi connectivity index (χ1v) is 6.23. The molecule has 0 amide bonds. The van der Waals surface area contributed by atoms with Crippen LogP contribution in [0.4, 0.5) is 0 Å². The Morgan fingerprint density at radius 3 is 2.73 bits per heavy atom. The Hall–Kier alpha value is -0.510. The summed E-state index contributed by atoms with van der Waals surface area (Å²) in [7, 11) is 1.89. The van der Waals surface area contributed by atoms with E-state index in [1.54, 1.807) is 0 Å². The van der Waals surface area contributed by atoms with Crippen molar-refractivity contribution in [2.24, 2.45) is 0 Å². The van der Waals surface area contributed by atoms with Crippen LogP contribution in [0, 0.1) is 6.92 Å². The van der Waals surface area contributed by atoms with E-state index in [0.717, 1.165) is 12.2 Å². The Morgan fingerprint density at radius 2 is 2.13 bits per heavy atom. The summed E-state index contributed by atoms with van der Waals surface area (Å²) in [5.41, 5.74) is 1.33. The largest absolute Gasteiger partial charge is 0.395 e. The number of rotatable bonds is 6. The number of hydrogen-bond donors (Lipinski definition) is 2. The summed E-state index contributed by atoms with van der Waals surface area (Å²) in [6.07, 6.45) is 0.992. The Kier molecular flexibility index (Phi) is 5.76. The highest BCUT2D eigenvalue weighted by molar-refractivity contribution is 7.99. The van der Waals surface area contributed by atoms with Crippen LogP contribution in [0.15, 0.2) is 29.2 Å². The van der Waals surface area contributed by atoms with E-state index in [1.165, 1.54) is 10.5 Å². The zero-order valence-electron chi connectivity index (χ0n) is 9.36. The van der Waals surface area contributed by atoms with Crippen LogP contribution in [0.25, 0.3) is 0 Å². The van der Waals surface area contributed by atoms with Crippen molar-refractivity contribution >= 4 is 11.8 Å². The molecule has 2 nitrogen and oxygen atoms in total. The van der Waals surface area contributed by atoms with Crippen molar-refractivity contribution in [3.63, 3.8) is 0 Å². The molecule has 0 spiro atoms. The molecule has 1 aromatic rings. The molecule has 1 aromatic carbocycles. The lowest BCUT2D eigenvalue weighted by molar-refractivity contribution is 0.246. The fourth-order valence-corrected chi connectivity index (χ4v) is 2.45. The lowest BCUT2D eigenvalue weighted by atomic mass is 10.2. The monoisotopic (exact) mass is 225 g/mol. The fourth-order valence-electron chi connectivity index (χ4n) is 1.36. The van der Waals surface area contributed by atoms with Gasteiger partial charge < -0.3 is 10.4 Å². The van der Waals surface area contributed by atoms with Crippen molar-refractivity contribution in [3.8, 4) is 0 Å². The van der Waals surface area contributed by atoms with E-state index in [2.05, 4.69) is 36.5 Å². The highest BCUT2D eigenvalue weighted by atomic mass is 32.2. The van der Waals surface area contributed by atoms with Crippen LogP contribution in [0.2, 0.25) is 0 Å². The van der Waals surface area contributed by atoms with Gasteiger partial charge in [0.25, 0.3) is 0 Å². The Bertz CT molecular complexity index is 287. The molecule has 1 unspecified atom stereocenters. The minimum atomic E-state index is 0.213. The molecular formula is C12H19NOS. The second-order valence-corrected chi connectivity index (χ2v) is 4.71. The van der Waals surface area contributed by atoms with Crippen molar-refractivity contribution < 1.29 is 5.11 Å². The molecule has 0 aliphatic rings. The first kappa shape index (κ1) is 12.6. The van der Waals surface area contributed by atoms with Crippen LogP contribution < -0.4 is 5.32 Å². The predicted molar refractivity (Wildman–Crippen MR) is 66.5 cm³/mol. The van der Waals surface area contributed by atoms with Gasteiger partial charge in [0.05, 0.1) is 6.61 Å². The number of nitrogens with one attached hydrogen (secondary N) is 1. The van der Waals surface area contributed by atoms with Gasteiger partial charge in [0, 0.05) is 10.9 Å². The summed E-state index contributed by atoms with van der Waals surface area (Å²) in [4.78, 5) is 1.34. The normalized spacial score (nSPS) is 12.7. The van der Waals surface area contributed by atoms with Gasteiger partial charge in [0.1, 0.15) is 0 Å². The molecular weight excluding hydrogens is 206 g/mol. The number of aliphatic hydroxyl groups excluding tert-OH is 1. The zero-order valence-corrected chi connectivity index (χ0v) is 10.2. The van der Waals surface area contributed by atoms with Crippen LogP contribution in [-0.2, 0) is 0 Å². The zero-order chi connectivity index (χ0) is 11.1. The standard InChI is InChI=1S/C12H19NOS/c1-10-5-3-4-6-12(10)15-8-7-11(9-14)13-2/h3-6,11,13-14H,7-9H2,1-2H3. The van der Waals surface area contributed by atoms with Crippen molar-refractivity contribution in [2.45, 2.75) is 24.3 Å². The van der Waals surface area contributed by atoms with Gasteiger partial charge in [0.15, 0.2) is 0 Å². The Labute approximate surface area is 96.1 Å². The maximum atomic E-state index is 9.01. The van der Waals surface area contributed by atoms with E-state index in [0.29, 0.717) is 0 Å². The molecule has 0 bridgehead atoms. The minimum absolute atomic E-state index is 0.213. The second kappa shape index (κ2) is 6.88. The maximum absolute atomic E-state index is 9.01. The molecule has 0 radical (unpaired) electrons. The summed E-state index contributed by atoms with van der Waals surface area (Å²) in [5.74, 6) is 1.04. The minimum Gasteiger partial charge on any atom is -0.395 e. The molecule has 15 heavy (non-hydrogen) atoms. The van der Waals surface area contributed by atoms with Gasteiger partial charge >= 0.3 is 0 Å². The van der Waals surface area contributed by atoms with Crippen LogP contribution in [0.3, 0.4) is 0 Å². The van der Waals surface area contributed by atoms with Crippen LogP contribution in [0.1, 0.15) is 12.0 Å². The SMILES string of the molecule is CNC(CO)CCSc1ccccc1C. The van der Waals surface area contributed by atoms with Gasteiger partial charge in [0.2, 0.25) is 0 Å². The molecule has 0 heterocycles. The lowest BCUT2D eigenvalue weighted by Crippen LogP contribution is -2.29. The summed E-state index contributed by atoms with van der Waals surface area (Å²) >= 11 is 1.85. The summed E-state index contributed by atoms with van der Waals surface area (Å²) in [6.45, 7) is 2.34. The smallest absolute Gasteiger partial charge is 0.0584 e. The summed E-state index contributed by atoms with van der Waals surface area (Å²) in [5, 5.41) is 12.1. The molecule has 0 fully saturated rings. The van der Waals surface area contributed by atoms with Gasteiger partial charge in [-0.3, -0.25) is 0 Å². The maximum Gasteiger partial charge on any atom is 0.0584 e. The van der Waals surface area contributed by atoms with Crippen molar-refractivity contribution in [1.82, 2.24) is 5.32 Å². The highest BCUT2D eigenvalue weighted by Gasteiger charge is 2.04. The molecule has 0 saturated carbocycles. The molecule has 1 rings (SSSR count). The first-order chi connectivity index (χ1) is 7.27. The average molecular weight is 225 g/mol. The molecule has 3 heteroatoms. The van der Waals surface area contributed by atoms with E-state index in [-0.39, 0.29) is 12.6 Å². The number of hydrogen-bond acceptors (Lipinski definition) is 3. The Balaban J connectivity index is 2.34.